The molecular weight excluding hydrogens is 716 g/mol. The van der Waals surface area contributed by atoms with Crippen LogP contribution in [0.2, 0.25) is 0 Å². The van der Waals surface area contributed by atoms with Crippen molar-refractivity contribution in [2.24, 2.45) is 0 Å². The first-order chi connectivity index (χ1) is 25.0. The Hall–Kier alpha value is -3.74. The molecule has 4 aliphatic heterocycles. The van der Waals surface area contributed by atoms with E-state index in [0.29, 0.717) is 0 Å². The third-order valence-corrected chi connectivity index (χ3v) is 9.48. The third kappa shape index (κ3) is 7.51. The molecular formula is C33H42O20. The molecule has 20 heteroatoms. The van der Waals surface area contributed by atoms with Crippen molar-refractivity contribution in [3.8, 4) is 34.5 Å². The molecule has 13 N–H and O–H groups in total. The lowest BCUT2D eigenvalue weighted by atomic mass is 9.98. The second-order valence-corrected chi connectivity index (χ2v) is 13.3. The van der Waals surface area contributed by atoms with Crippen LogP contribution in [-0.4, -0.2) is 165 Å². The van der Waals surface area contributed by atoms with Crippen LogP contribution in [0.5, 0.6) is 34.5 Å². The summed E-state index contributed by atoms with van der Waals surface area (Å²) in [5.74, 6) is -3.41. The molecule has 0 saturated carbocycles. The summed E-state index contributed by atoms with van der Waals surface area (Å²) in [4.78, 5) is 0. The van der Waals surface area contributed by atoms with Gasteiger partial charge in [-0.3, -0.25) is 0 Å². The number of hydrogen-bond donors (Lipinski definition) is 13. The van der Waals surface area contributed by atoms with Crippen LogP contribution >= 0.6 is 0 Å². The van der Waals surface area contributed by atoms with E-state index >= 15 is 0 Å². The molecule has 4 aliphatic rings. The first-order valence-electron chi connectivity index (χ1n) is 16.5. The Morgan fingerprint density at radius 3 is 1.72 bits per heavy atom. The Kier molecular flexibility index (Phi) is 11.2. The van der Waals surface area contributed by atoms with Crippen molar-refractivity contribution in [2.75, 3.05) is 6.61 Å². The van der Waals surface area contributed by atoms with Crippen LogP contribution in [0.3, 0.4) is 0 Å². The van der Waals surface area contributed by atoms with Gasteiger partial charge in [0.05, 0.1) is 24.4 Å². The Balaban J connectivity index is 1.32. The van der Waals surface area contributed by atoms with Crippen molar-refractivity contribution in [3.63, 3.8) is 0 Å². The molecule has 0 spiro atoms. The molecule has 3 saturated heterocycles. The van der Waals surface area contributed by atoms with E-state index in [0.717, 1.165) is 24.3 Å². The summed E-state index contributed by atoms with van der Waals surface area (Å²) in [7, 11) is 0. The monoisotopic (exact) mass is 758 g/mol. The van der Waals surface area contributed by atoms with Gasteiger partial charge in [-0.25, -0.2) is 0 Å². The predicted octanol–water partition coefficient (Wildman–Crippen LogP) is -3.14. The molecule has 16 atom stereocenters. The van der Waals surface area contributed by atoms with Gasteiger partial charge in [0, 0.05) is 17.7 Å². The molecule has 0 amide bonds. The fourth-order valence-corrected chi connectivity index (χ4v) is 6.29. The molecule has 0 radical (unpaired) electrons. The van der Waals surface area contributed by atoms with Gasteiger partial charge in [0.2, 0.25) is 12.6 Å². The van der Waals surface area contributed by atoms with Crippen molar-refractivity contribution in [1.82, 2.24) is 0 Å². The minimum atomic E-state index is -1.95. The van der Waals surface area contributed by atoms with Crippen LogP contribution in [-0.2, 0) is 23.7 Å². The highest BCUT2D eigenvalue weighted by molar-refractivity contribution is 5.70. The number of phenolic OH excluding ortho intramolecular Hbond substituents is 4. The molecule has 20 nitrogen and oxygen atoms in total. The van der Waals surface area contributed by atoms with Crippen LogP contribution in [0.4, 0.5) is 0 Å². The second kappa shape index (κ2) is 15.2. The SMILES string of the molecule is C[C@@H]1O[C@@H](OC[C@H]2O[C@@H](OC3=Cc4c(cc(O)cc4O[C@@H]4O[C@H](C)[C@H](O)[C@H](O)[C@H]4O)OC3c3cc(O)c(O)c(O)c3)[C@H](O)[C@@H](O)[C@H]2O)[C@@H](O)[C@@H](O)[C@H]1O. The molecule has 0 aromatic heterocycles. The van der Waals surface area contributed by atoms with Gasteiger partial charge in [0.1, 0.15) is 84.0 Å². The number of fused-ring (bicyclic) bond motifs is 1. The van der Waals surface area contributed by atoms with E-state index in [1.165, 1.54) is 19.9 Å². The fraction of sp³-hybridized carbons (Fsp3) is 0.576. The first-order valence-corrected chi connectivity index (χ1v) is 16.5. The fourth-order valence-electron chi connectivity index (χ4n) is 6.29. The van der Waals surface area contributed by atoms with Gasteiger partial charge in [0.25, 0.3) is 0 Å². The molecule has 4 heterocycles. The predicted molar refractivity (Wildman–Crippen MR) is 170 cm³/mol. The molecule has 2 aromatic carbocycles. The van der Waals surface area contributed by atoms with Crippen LogP contribution in [0.1, 0.15) is 31.1 Å². The van der Waals surface area contributed by atoms with Crippen LogP contribution < -0.4 is 9.47 Å². The minimum absolute atomic E-state index is 0.00871. The number of rotatable bonds is 8. The minimum Gasteiger partial charge on any atom is -0.508 e. The van der Waals surface area contributed by atoms with E-state index in [-0.39, 0.29) is 28.4 Å². The molecule has 2 aromatic rings. The molecule has 3 fully saturated rings. The zero-order chi connectivity index (χ0) is 38.6. The van der Waals surface area contributed by atoms with Crippen LogP contribution in [0, 0.1) is 0 Å². The van der Waals surface area contributed by atoms with Crippen LogP contribution in [0.15, 0.2) is 30.0 Å². The Labute approximate surface area is 300 Å². The Morgan fingerprint density at radius 2 is 1.11 bits per heavy atom. The van der Waals surface area contributed by atoms with Crippen molar-refractivity contribution >= 4 is 6.08 Å². The van der Waals surface area contributed by atoms with E-state index in [1.54, 1.807) is 0 Å². The van der Waals surface area contributed by atoms with Gasteiger partial charge >= 0.3 is 0 Å². The van der Waals surface area contributed by atoms with Gasteiger partial charge in [-0.05, 0) is 32.1 Å². The van der Waals surface area contributed by atoms with Crippen molar-refractivity contribution < 1.29 is 99.5 Å². The zero-order valence-corrected chi connectivity index (χ0v) is 28.0. The number of benzene rings is 2. The smallest absolute Gasteiger partial charge is 0.229 e. The lowest BCUT2D eigenvalue weighted by molar-refractivity contribution is -0.324. The van der Waals surface area contributed by atoms with Crippen molar-refractivity contribution in [1.29, 1.82) is 0 Å². The normalized spacial score (nSPS) is 40.1. The number of phenols is 4. The number of hydrogen-bond acceptors (Lipinski definition) is 20. The molecule has 294 valence electrons. The number of ether oxygens (including phenoxy) is 7. The summed E-state index contributed by atoms with van der Waals surface area (Å²) in [6, 6.07) is 4.28. The number of aliphatic hydroxyl groups is 9. The van der Waals surface area contributed by atoms with Gasteiger partial charge in [-0.2, -0.15) is 0 Å². The van der Waals surface area contributed by atoms with Crippen molar-refractivity contribution in [2.45, 2.75) is 112 Å². The first kappa shape index (κ1) is 39.0. The third-order valence-electron chi connectivity index (χ3n) is 9.48. The highest BCUT2D eigenvalue weighted by atomic mass is 16.7. The maximum absolute atomic E-state index is 10.9. The number of aromatic hydroxyl groups is 4. The molecule has 0 bridgehead atoms. The van der Waals surface area contributed by atoms with E-state index in [4.69, 9.17) is 33.2 Å². The summed E-state index contributed by atoms with van der Waals surface area (Å²) in [6.07, 6.45) is -23.8. The average Bonchev–Trinajstić information content (AvgIpc) is 3.12. The molecule has 53 heavy (non-hydrogen) atoms. The standard InChI is InChI=1S/C33H42O20/c1-9-20(37)24(41)27(44)31(48-9)47-8-19-23(40)26(43)29(46)33(53-19)52-18-7-13-16(50-30(18)11-3-14(35)22(39)15(36)4-11)5-12(34)6-17(13)51-32-28(45)25(42)21(38)10(2)49-32/h3-7,9-10,19-21,23-46H,8H2,1-2H3/t9-,10+,19+,20-,21-,23-,24-,25-,26-,27-,28+,29+,30?,31+,32-,33+/m0/s1. The Morgan fingerprint density at radius 1 is 0.585 bits per heavy atom. The highest BCUT2D eigenvalue weighted by Gasteiger charge is 2.49. The van der Waals surface area contributed by atoms with Gasteiger partial charge in [0.15, 0.2) is 29.6 Å². The number of aliphatic hydroxyl groups excluding tert-OH is 9. The maximum Gasteiger partial charge on any atom is 0.229 e. The maximum atomic E-state index is 10.9. The Bertz CT molecular complexity index is 1630. The quantitative estimate of drug-likeness (QED) is 0.118. The topological polar surface area (TPSA) is 328 Å². The van der Waals surface area contributed by atoms with E-state index in [9.17, 15) is 66.4 Å². The van der Waals surface area contributed by atoms with Crippen LogP contribution in [0.25, 0.3) is 6.08 Å². The lowest BCUT2D eigenvalue weighted by Gasteiger charge is -2.43. The summed E-state index contributed by atoms with van der Waals surface area (Å²) in [5.41, 5.74) is -0.0454. The van der Waals surface area contributed by atoms with Gasteiger partial charge in [-0.15, -0.1) is 0 Å². The van der Waals surface area contributed by atoms with E-state index in [1.807, 2.05) is 0 Å². The van der Waals surface area contributed by atoms with E-state index < -0.39 is 128 Å². The van der Waals surface area contributed by atoms with E-state index in [2.05, 4.69) is 0 Å². The second-order valence-electron chi connectivity index (χ2n) is 13.3. The lowest BCUT2D eigenvalue weighted by Crippen LogP contribution is -2.61. The van der Waals surface area contributed by atoms with Gasteiger partial charge in [-0.1, -0.05) is 0 Å². The summed E-state index contributed by atoms with van der Waals surface area (Å²) >= 11 is 0. The summed E-state index contributed by atoms with van der Waals surface area (Å²) in [6.45, 7) is 2.24. The molecule has 1 unspecified atom stereocenters. The summed E-state index contributed by atoms with van der Waals surface area (Å²) in [5, 5.41) is 135. The largest absolute Gasteiger partial charge is 0.508 e. The molecule has 0 aliphatic carbocycles. The highest BCUT2D eigenvalue weighted by Crippen LogP contribution is 2.48. The van der Waals surface area contributed by atoms with Gasteiger partial charge < -0.3 is 99.5 Å². The average molecular weight is 759 g/mol. The zero-order valence-electron chi connectivity index (χ0n) is 28.0. The van der Waals surface area contributed by atoms with Crippen molar-refractivity contribution in [3.05, 3.63) is 41.2 Å². The summed E-state index contributed by atoms with van der Waals surface area (Å²) < 4.78 is 40.2. The molecule has 6 rings (SSSR count).